The molecule has 0 aliphatic rings. The summed E-state index contributed by atoms with van der Waals surface area (Å²) in [6, 6.07) is 15.6. The number of aromatic hydroxyl groups is 1. The van der Waals surface area contributed by atoms with Crippen molar-refractivity contribution in [2.24, 2.45) is 0 Å². The number of benzene rings is 2. The van der Waals surface area contributed by atoms with Gasteiger partial charge in [0.05, 0.1) is 0 Å². The van der Waals surface area contributed by atoms with E-state index in [-0.39, 0.29) is 5.75 Å². The van der Waals surface area contributed by atoms with E-state index in [0.717, 1.165) is 17.9 Å². The molecule has 0 radical (unpaired) electrons. The minimum absolute atomic E-state index is 0.274. The Balaban J connectivity index is 1.85. The molecule has 0 saturated heterocycles. The van der Waals surface area contributed by atoms with Crippen LogP contribution in [-0.2, 0) is 13.2 Å². The molecule has 0 aromatic heterocycles. The van der Waals surface area contributed by atoms with Gasteiger partial charge < -0.3 is 15.2 Å². The first-order valence-electron chi connectivity index (χ1n) is 6.86. The molecule has 0 atom stereocenters. The molecule has 3 nitrogen and oxygen atoms in total. The van der Waals surface area contributed by atoms with Crippen molar-refractivity contribution in [3.05, 3.63) is 59.7 Å². The van der Waals surface area contributed by atoms with Crippen molar-refractivity contribution in [2.75, 3.05) is 0 Å². The van der Waals surface area contributed by atoms with Gasteiger partial charge in [0, 0.05) is 12.6 Å². The first-order valence-corrected chi connectivity index (χ1v) is 6.86. The molecule has 2 aromatic carbocycles. The number of ether oxygens (including phenoxy) is 1. The van der Waals surface area contributed by atoms with Crippen molar-refractivity contribution in [2.45, 2.75) is 33.0 Å². The molecule has 106 valence electrons. The number of rotatable bonds is 6. The van der Waals surface area contributed by atoms with Crippen molar-refractivity contribution in [3.63, 3.8) is 0 Å². The van der Waals surface area contributed by atoms with E-state index in [1.807, 2.05) is 24.3 Å². The van der Waals surface area contributed by atoms with E-state index in [0.29, 0.717) is 12.6 Å². The second-order valence-corrected chi connectivity index (χ2v) is 5.13. The van der Waals surface area contributed by atoms with Crippen LogP contribution >= 0.6 is 0 Å². The van der Waals surface area contributed by atoms with Gasteiger partial charge in [0.25, 0.3) is 0 Å². The third kappa shape index (κ3) is 4.59. The minimum atomic E-state index is 0.274. The highest BCUT2D eigenvalue weighted by Crippen LogP contribution is 2.15. The van der Waals surface area contributed by atoms with Crippen molar-refractivity contribution in [3.8, 4) is 11.5 Å². The van der Waals surface area contributed by atoms with Crippen LogP contribution in [0.15, 0.2) is 48.5 Å². The van der Waals surface area contributed by atoms with Crippen LogP contribution in [0.1, 0.15) is 25.0 Å². The predicted molar refractivity (Wildman–Crippen MR) is 80.9 cm³/mol. The Morgan fingerprint density at radius 1 is 0.950 bits per heavy atom. The molecular formula is C17H21NO2. The molecule has 0 aliphatic carbocycles. The fourth-order valence-electron chi connectivity index (χ4n) is 1.78. The van der Waals surface area contributed by atoms with Crippen LogP contribution in [-0.4, -0.2) is 11.1 Å². The number of nitrogens with one attached hydrogen (secondary N) is 1. The Morgan fingerprint density at radius 3 is 2.15 bits per heavy atom. The van der Waals surface area contributed by atoms with E-state index in [2.05, 4.69) is 31.3 Å². The maximum atomic E-state index is 9.22. The average molecular weight is 271 g/mol. The lowest BCUT2D eigenvalue weighted by Gasteiger charge is -2.10. The van der Waals surface area contributed by atoms with Gasteiger partial charge in [-0.2, -0.15) is 0 Å². The Kier molecular flexibility index (Phi) is 5.02. The number of phenols is 1. The molecule has 2 rings (SSSR count). The standard InChI is InChI=1S/C17H21NO2/c1-13(2)18-11-14-5-9-17(10-6-14)20-12-15-3-7-16(19)8-4-15/h3-10,13,18-19H,11-12H2,1-2H3. The fourth-order valence-corrected chi connectivity index (χ4v) is 1.78. The molecule has 2 aromatic rings. The van der Waals surface area contributed by atoms with Crippen molar-refractivity contribution in [1.29, 1.82) is 0 Å². The molecule has 20 heavy (non-hydrogen) atoms. The van der Waals surface area contributed by atoms with Crippen molar-refractivity contribution >= 4 is 0 Å². The van der Waals surface area contributed by atoms with E-state index in [1.54, 1.807) is 12.1 Å². The Morgan fingerprint density at radius 2 is 1.55 bits per heavy atom. The van der Waals surface area contributed by atoms with E-state index in [1.165, 1.54) is 5.56 Å². The topological polar surface area (TPSA) is 41.5 Å². The molecule has 0 saturated carbocycles. The second kappa shape index (κ2) is 6.96. The maximum Gasteiger partial charge on any atom is 0.119 e. The summed E-state index contributed by atoms with van der Waals surface area (Å²) in [5, 5.41) is 12.6. The van der Waals surface area contributed by atoms with Crippen LogP contribution in [0.3, 0.4) is 0 Å². The highest BCUT2D eigenvalue weighted by atomic mass is 16.5. The summed E-state index contributed by atoms with van der Waals surface area (Å²) >= 11 is 0. The van der Waals surface area contributed by atoms with Gasteiger partial charge in [-0.25, -0.2) is 0 Å². The zero-order valence-corrected chi connectivity index (χ0v) is 12.0. The van der Waals surface area contributed by atoms with E-state index in [4.69, 9.17) is 4.74 Å². The molecule has 3 heteroatoms. The molecule has 0 heterocycles. The summed E-state index contributed by atoms with van der Waals surface area (Å²) in [6.45, 7) is 5.64. The Labute approximate surface area is 120 Å². The number of phenolic OH excluding ortho intramolecular Hbond substituents is 1. The molecule has 0 unspecified atom stereocenters. The predicted octanol–water partition coefficient (Wildman–Crippen LogP) is 3.47. The molecule has 0 amide bonds. The van der Waals surface area contributed by atoms with Gasteiger partial charge in [-0.3, -0.25) is 0 Å². The van der Waals surface area contributed by atoms with Crippen LogP contribution in [0.25, 0.3) is 0 Å². The van der Waals surface area contributed by atoms with Gasteiger partial charge in [-0.05, 0) is 35.4 Å². The van der Waals surface area contributed by atoms with Gasteiger partial charge in [-0.15, -0.1) is 0 Å². The van der Waals surface area contributed by atoms with Gasteiger partial charge in [0.1, 0.15) is 18.1 Å². The second-order valence-electron chi connectivity index (χ2n) is 5.13. The highest BCUT2D eigenvalue weighted by Gasteiger charge is 1.99. The molecule has 0 spiro atoms. The van der Waals surface area contributed by atoms with Crippen molar-refractivity contribution < 1.29 is 9.84 Å². The molecule has 0 bridgehead atoms. The van der Waals surface area contributed by atoms with Gasteiger partial charge >= 0.3 is 0 Å². The lowest BCUT2D eigenvalue weighted by atomic mass is 10.2. The lowest BCUT2D eigenvalue weighted by Crippen LogP contribution is -2.21. The summed E-state index contributed by atoms with van der Waals surface area (Å²) in [5.41, 5.74) is 2.28. The summed E-state index contributed by atoms with van der Waals surface area (Å²) < 4.78 is 5.71. The number of hydrogen-bond acceptors (Lipinski definition) is 3. The quantitative estimate of drug-likeness (QED) is 0.845. The summed E-state index contributed by atoms with van der Waals surface area (Å²) in [4.78, 5) is 0. The van der Waals surface area contributed by atoms with E-state index >= 15 is 0 Å². The Hall–Kier alpha value is -2.00. The van der Waals surface area contributed by atoms with Crippen LogP contribution in [0.2, 0.25) is 0 Å². The summed E-state index contributed by atoms with van der Waals surface area (Å²) in [7, 11) is 0. The minimum Gasteiger partial charge on any atom is -0.508 e. The van der Waals surface area contributed by atoms with Crippen molar-refractivity contribution in [1.82, 2.24) is 5.32 Å². The number of hydrogen-bond donors (Lipinski definition) is 2. The largest absolute Gasteiger partial charge is 0.508 e. The van der Waals surface area contributed by atoms with Crippen LogP contribution in [0.5, 0.6) is 11.5 Å². The van der Waals surface area contributed by atoms with E-state index < -0.39 is 0 Å². The monoisotopic (exact) mass is 271 g/mol. The van der Waals surface area contributed by atoms with Gasteiger partial charge in [0.2, 0.25) is 0 Å². The molecular weight excluding hydrogens is 250 g/mol. The molecule has 2 N–H and O–H groups in total. The fraction of sp³-hybridized carbons (Fsp3) is 0.294. The molecule has 0 aliphatic heterocycles. The van der Waals surface area contributed by atoms with Crippen LogP contribution < -0.4 is 10.1 Å². The normalized spacial score (nSPS) is 10.8. The first kappa shape index (κ1) is 14.4. The smallest absolute Gasteiger partial charge is 0.119 e. The van der Waals surface area contributed by atoms with Crippen LogP contribution in [0.4, 0.5) is 0 Å². The Bertz CT molecular complexity index is 518. The van der Waals surface area contributed by atoms with E-state index in [9.17, 15) is 5.11 Å². The summed E-state index contributed by atoms with van der Waals surface area (Å²) in [5.74, 6) is 1.13. The maximum absolute atomic E-state index is 9.22. The third-order valence-electron chi connectivity index (χ3n) is 2.98. The first-order chi connectivity index (χ1) is 9.63. The average Bonchev–Trinajstić information content (AvgIpc) is 2.45. The highest BCUT2D eigenvalue weighted by molar-refractivity contribution is 5.29. The third-order valence-corrected chi connectivity index (χ3v) is 2.98. The zero-order chi connectivity index (χ0) is 14.4. The molecule has 0 fully saturated rings. The SMILES string of the molecule is CC(C)NCc1ccc(OCc2ccc(O)cc2)cc1. The van der Waals surface area contributed by atoms with Gasteiger partial charge in [-0.1, -0.05) is 38.1 Å². The van der Waals surface area contributed by atoms with Gasteiger partial charge in [0.15, 0.2) is 0 Å². The summed E-state index contributed by atoms with van der Waals surface area (Å²) in [6.07, 6.45) is 0. The zero-order valence-electron chi connectivity index (χ0n) is 12.0. The lowest BCUT2D eigenvalue weighted by molar-refractivity contribution is 0.306. The van der Waals surface area contributed by atoms with Crippen LogP contribution in [0, 0.1) is 0 Å².